The Kier molecular flexibility index (Phi) is 11.4. The van der Waals surface area contributed by atoms with E-state index in [0.717, 1.165) is 50.0 Å². The highest BCUT2D eigenvalue weighted by molar-refractivity contribution is 6.30. The number of carboxylic acids is 1. The van der Waals surface area contributed by atoms with E-state index >= 15 is 0 Å². The number of methoxy groups -OCH3 is 1. The molecule has 2 aliphatic heterocycles. The van der Waals surface area contributed by atoms with Crippen molar-refractivity contribution in [1.29, 1.82) is 0 Å². The van der Waals surface area contributed by atoms with Crippen molar-refractivity contribution in [3.63, 3.8) is 0 Å². The maximum absolute atomic E-state index is 10.6. The molecule has 0 spiro atoms. The van der Waals surface area contributed by atoms with Crippen LogP contribution in [0.3, 0.4) is 0 Å². The normalized spacial score (nSPS) is 22.2. The lowest BCUT2D eigenvalue weighted by Crippen LogP contribution is -2.62. The van der Waals surface area contributed by atoms with Gasteiger partial charge in [-0.3, -0.25) is 9.80 Å². The van der Waals surface area contributed by atoms with Gasteiger partial charge in [0.25, 0.3) is 0 Å². The number of hydrogen-bond acceptors (Lipinski definition) is 6. The molecule has 216 valence electrons. The number of anilines is 1. The third-order valence-corrected chi connectivity index (χ3v) is 7.69. The standard InChI is InChI=1S/C26H37ClN4O.C2HF3O2/c1-20-17-31(24-11-14-29(15-12-24)26-6-4-5-13-28-26)25(19-30(20)18-21(2)32-3)16-22-7-9-23(27)10-8-22;3-2(4,5)1(6)7/h4-10,13,20-21,24-25H,11-12,14-19H2,1-3H3;(H,6,7)/t20-,21?,25-;/m0./s1. The molecule has 0 bridgehead atoms. The number of halogens is 4. The highest BCUT2D eigenvalue weighted by Crippen LogP contribution is 2.28. The van der Waals surface area contributed by atoms with Crippen LogP contribution in [0.15, 0.2) is 48.7 Å². The number of alkyl halides is 3. The summed E-state index contributed by atoms with van der Waals surface area (Å²) in [6.45, 7) is 9.87. The molecular formula is C28H38ClF3N4O3. The third kappa shape index (κ3) is 9.34. The zero-order chi connectivity index (χ0) is 28.6. The van der Waals surface area contributed by atoms with Gasteiger partial charge in [-0.1, -0.05) is 29.8 Å². The molecule has 1 aromatic carbocycles. The minimum atomic E-state index is -5.08. The number of aliphatic carboxylic acids is 1. The van der Waals surface area contributed by atoms with Crippen LogP contribution < -0.4 is 4.90 Å². The zero-order valence-electron chi connectivity index (χ0n) is 22.6. The van der Waals surface area contributed by atoms with Crippen LogP contribution in [-0.4, -0.2) is 96.1 Å². The van der Waals surface area contributed by atoms with E-state index in [-0.39, 0.29) is 6.10 Å². The van der Waals surface area contributed by atoms with Crippen molar-refractivity contribution < 1.29 is 27.8 Å². The first-order chi connectivity index (χ1) is 18.5. The van der Waals surface area contributed by atoms with E-state index in [1.165, 1.54) is 18.4 Å². The summed E-state index contributed by atoms with van der Waals surface area (Å²) in [4.78, 5) is 21.3. The molecule has 4 rings (SSSR count). The van der Waals surface area contributed by atoms with Crippen LogP contribution in [-0.2, 0) is 16.0 Å². The molecule has 1 aromatic heterocycles. The van der Waals surface area contributed by atoms with Crippen LogP contribution in [0.4, 0.5) is 19.0 Å². The fraction of sp³-hybridized carbons (Fsp3) is 0.571. The summed E-state index contributed by atoms with van der Waals surface area (Å²) < 4.78 is 37.3. The Morgan fingerprint density at radius 2 is 1.79 bits per heavy atom. The Labute approximate surface area is 233 Å². The number of ether oxygens (including phenoxy) is 1. The molecule has 0 amide bonds. The first-order valence-corrected chi connectivity index (χ1v) is 13.6. The second-order valence-electron chi connectivity index (χ2n) is 10.2. The summed E-state index contributed by atoms with van der Waals surface area (Å²) in [5, 5.41) is 7.93. The smallest absolute Gasteiger partial charge is 0.475 e. The number of carboxylic acid groups (broad SMARTS) is 1. The Morgan fingerprint density at radius 1 is 1.15 bits per heavy atom. The maximum Gasteiger partial charge on any atom is 0.490 e. The highest BCUT2D eigenvalue weighted by atomic mass is 35.5. The molecule has 2 fully saturated rings. The molecule has 2 saturated heterocycles. The van der Waals surface area contributed by atoms with E-state index in [1.54, 1.807) is 0 Å². The van der Waals surface area contributed by atoms with E-state index in [0.29, 0.717) is 18.1 Å². The first kappa shape index (κ1) is 31.1. The summed E-state index contributed by atoms with van der Waals surface area (Å²) in [5.74, 6) is -1.65. The van der Waals surface area contributed by atoms with Gasteiger partial charge in [-0.15, -0.1) is 0 Å². The minimum Gasteiger partial charge on any atom is -0.475 e. The number of piperazine rings is 1. The Bertz CT molecular complexity index is 1020. The number of carbonyl (C=O) groups is 1. The quantitative estimate of drug-likeness (QED) is 0.503. The van der Waals surface area contributed by atoms with Crippen LogP contribution in [0, 0.1) is 0 Å². The summed E-state index contributed by atoms with van der Waals surface area (Å²) in [5.41, 5.74) is 1.37. The predicted octanol–water partition coefficient (Wildman–Crippen LogP) is 4.99. The number of benzene rings is 1. The van der Waals surface area contributed by atoms with Gasteiger partial charge >= 0.3 is 12.1 Å². The average Bonchev–Trinajstić information content (AvgIpc) is 2.92. The summed E-state index contributed by atoms with van der Waals surface area (Å²) >= 11 is 6.14. The van der Waals surface area contributed by atoms with Crippen molar-refractivity contribution in [2.45, 2.75) is 63.5 Å². The summed E-state index contributed by atoms with van der Waals surface area (Å²) in [7, 11) is 1.81. The van der Waals surface area contributed by atoms with Crippen LogP contribution in [0.5, 0.6) is 0 Å². The molecule has 0 aliphatic carbocycles. The highest BCUT2D eigenvalue weighted by Gasteiger charge is 2.38. The van der Waals surface area contributed by atoms with E-state index in [1.807, 2.05) is 31.5 Å². The lowest BCUT2D eigenvalue weighted by molar-refractivity contribution is -0.192. The molecule has 2 aromatic rings. The molecule has 3 atom stereocenters. The summed E-state index contributed by atoms with van der Waals surface area (Å²) in [6, 6.07) is 16.3. The Morgan fingerprint density at radius 3 is 2.33 bits per heavy atom. The van der Waals surface area contributed by atoms with Crippen LogP contribution >= 0.6 is 11.6 Å². The van der Waals surface area contributed by atoms with Gasteiger partial charge in [0.15, 0.2) is 0 Å². The van der Waals surface area contributed by atoms with Crippen LogP contribution in [0.1, 0.15) is 32.3 Å². The van der Waals surface area contributed by atoms with Gasteiger partial charge < -0.3 is 14.7 Å². The number of pyridine rings is 1. The van der Waals surface area contributed by atoms with Gasteiger partial charge in [-0.05, 0) is 62.9 Å². The third-order valence-electron chi connectivity index (χ3n) is 7.44. The Hall–Kier alpha value is -2.40. The topological polar surface area (TPSA) is 69.1 Å². The molecule has 0 saturated carbocycles. The van der Waals surface area contributed by atoms with E-state index < -0.39 is 12.1 Å². The number of aromatic nitrogens is 1. The molecule has 2 aliphatic rings. The van der Waals surface area contributed by atoms with Gasteiger partial charge in [0.05, 0.1) is 6.10 Å². The van der Waals surface area contributed by atoms with Crippen molar-refractivity contribution >= 4 is 23.4 Å². The second-order valence-corrected chi connectivity index (χ2v) is 10.7. The number of nitrogens with zero attached hydrogens (tertiary/aromatic N) is 4. The van der Waals surface area contributed by atoms with Crippen molar-refractivity contribution in [2.75, 3.05) is 44.7 Å². The van der Waals surface area contributed by atoms with Crippen molar-refractivity contribution in [3.8, 4) is 0 Å². The largest absolute Gasteiger partial charge is 0.490 e. The lowest BCUT2D eigenvalue weighted by Gasteiger charge is -2.50. The predicted molar refractivity (Wildman–Crippen MR) is 146 cm³/mol. The maximum atomic E-state index is 10.6. The van der Waals surface area contributed by atoms with Crippen LogP contribution in [0.2, 0.25) is 5.02 Å². The van der Waals surface area contributed by atoms with Gasteiger partial charge in [-0.25, -0.2) is 9.78 Å². The van der Waals surface area contributed by atoms with Gasteiger partial charge in [0.2, 0.25) is 0 Å². The summed E-state index contributed by atoms with van der Waals surface area (Å²) in [6.07, 6.45) is 0.499. The van der Waals surface area contributed by atoms with Crippen LogP contribution in [0.25, 0.3) is 0 Å². The first-order valence-electron chi connectivity index (χ1n) is 13.2. The fourth-order valence-electron chi connectivity index (χ4n) is 5.27. The molecule has 0 radical (unpaired) electrons. The molecule has 3 heterocycles. The monoisotopic (exact) mass is 570 g/mol. The minimum absolute atomic E-state index is 0.252. The number of hydrogen-bond donors (Lipinski definition) is 1. The van der Waals surface area contributed by atoms with Crippen molar-refractivity contribution in [2.24, 2.45) is 0 Å². The molecule has 11 heteroatoms. The number of piperidine rings is 1. The molecule has 1 unspecified atom stereocenters. The van der Waals surface area contributed by atoms with Gasteiger partial charge in [-0.2, -0.15) is 13.2 Å². The van der Waals surface area contributed by atoms with Gasteiger partial charge in [0, 0.05) is 69.2 Å². The second kappa shape index (κ2) is 14.3. The molecule has 39 heavy (non-hydrogen) atoms. The van der Waals surface area contributed by atoms with E-state index in [9.17, 15) is 13.2 Å². The number of rotatable bonds is 7. The van der Waals surface area contributed by atoms with E-state index in [2.05, 4.69) is 57.8 Å². The lowest BCUT2D eigenvalue weighted by atomic mass is 9.94. The zero-order valence-corrected chi connectivity index (χ0v) is 23.4. The molecular weight excluding hydrogens is 533 g/mol. The van der Waals surface area contributed by atoms with Gasteiger partial charge in [0.1, 0.15) is 5.82 Å². The van der Waals surface area contributed by atoms with Crippen molar-refractivity contribution in [3.05, 3.63) is 59.2 Å². The Balaban J connectivity index is 0.000000532. The van der Waals surface area contributed by atoms with Crippen molar-refractivity contribution in [1.82, 2.24) is 14.8 Å². The molecule has 1 N–H and O–H groups in total. The SMILES string of the molecule is COC(C)CN1C[C@H](Cc2ccc(Cl)cc2)N(C2CCN(c3ccccn3)CC2)C[C@@H]1C.O=C(O)C(F)(F)F. The van der Waals surface area contributed by atoms with E-state index in [4.69, 9.17) is 26.2 Å². The average molecular weight is 571 g/mol. The molecule has 7 nitrogen and oxygen atoms in total. The fourth-order valence-corrected chi connectivity index (χ4v) is 5.40.